The molecular formula is C10H16N2O3S. The van der Waals surface area contributed by atoms with E-state index in [-0.39, 0.29) is 23.6 Å². The Kier molecular flexibility index (Phi) is 4.70. The Morgan fingerprint density at radius 1 is 1.25 bits per heavy atom. The van der Waals surface area contributed by atoms with Crippen LogP contribution in [-0.4, -0.2) is 31.0 Å². The highest BCUT2D eigenvalue weighted by Gasteiger charge is 2.10. The summed E-state index contributed by atoms with van der Waals surface area (Å²) in [5.41, 5.74) is 5.06. The highest BCUT2D eigenvalue weighted by Crippen LogP contribution is 1.95. The van der Waals surface area contributed by atoms with E-state index in [0.717, 1.165) is 0 Å². The van der Waals surface area contributed by atoms with E-state index >= 15 is 0 Å². The molecule has 0 atom stereocenters. The smallest absolute Gasteiger partial charge is 0.250 e. The van der Waals surface area contributed by atoms with Crippen molar-refractivity contribution in [1.29, 1.82) is 0 Å². The molecule has 0 radical (unpaired) electrons. The lowest BCUT2D eigenvalue weighted by Gasteiger charge is -2.05. The van der Waals surface area contributed by atoms with Gasteiger partial charge in [-0.15, -0.1) is 0 Å². The highest BCUT2D eigenvalue weighted by atomic mass is 32.2. The SMILES string of the molecule is NCCCS(=O)(=O)CCn1ccccc1=O. The second-order valence-electron chi connectivity index (χ2n) is 3.53. The summed E-state index contributed by atoms with van der Waals surface area (Å²) in [5.74, 6) is 0.0714. The van der Waals surface area contributed by atoms with Crippen molar-refractivity contribution >= 4 is 9.84 Å². The van der Waals surface area contributed by atoms with Crippen molar-refractivity contribution in [3.05, 3.63) is 34.7 Å². The molecule has 0 aromatic carbocycles. The first-order valence-corrected chi connectivity index (χ1v) is 6.93. The molecule has 0 bridgehead atoms. The van der Waals surface area contributed by atoms with E-state index in [0.29, 0.717) is 13.0 Å². The number of pyridine rings is 1. The van der Waals surface area contributed by atoms with Crippen molar-refractivity contribution in [2.45, 2.75) is 13.0 Å². The molecule has 1 aromatic heterocycles. The average molecular weight is 244 g/mol. The second kappa shape index (κ2) is 5.81. The van der Waals surface area contributed by atoms with Gasteiger partial charge in [0.15, 0.2) is 9.84 Å². The second-order valence-corrected chi connectivity index (χ2v) is 5.83. The number of hydrogen-bond donors (Lipinski definition) is 1. The summed E-state index contributed by atoms with van der Waals surface area (Å²) in [6.07, 6.45) is 2.05. The van der Waals surface area contributed by atoms with Crippen LogP contribution in [0.3, 0.4) is 0 Å². The molecule has 0 amide bonds. The Bertz CT molecular complexity index is 479. The lowest BCUT2D eigenvalue weighted by molar-refractivity contribution is 0.585. The third-order valence-corrected chi connectivity index (χ3v) is 3.92. The van der Waals surface area contributed by atoms with Gasteiger partial charge in [-0.25, -0.2) is 8.42 Å². The van der Waals surface area contributed by atoms with Crippen molar-refractivity contribution in [3.8, 4) is 0 Å². The zero-order valence-corrected chi connectivity index (χ0v) is 9.82. The van der Waals surface area contributed by atoms with E-state index in [2.05, 4.69) is 0 Å². The van der Waals surface area contributed by atoms with Gasteiger partial charge in [-0.3, -0.25) is 4.79 Å². The van der Waals surface area contributed by atoms with Crippen molar-refractivity contribution in [2.24, 2.45) is 5.73 Å². The standard InChI is InChI=1S/C10H16N2O3S/c11-5-3-8-16(14,15)9-7-12-6-2-1-4-10(12)13/h1-2,4,6H,3,5,7-9,11H2. The summed E-state index contributed by atoms with van der Waals surface area (Å²) in [4.78, 5) is 11.3. The van der Waals surface area contributed by atoms with Crippen LogP contribution in [0.5, 0.6) is 0 Å². The average Bonchev–Trinajstić information content (AvgIpc) is 2.26. The van der Waals surface area contributed by atoms with Gasteiger partial charge in [0, 0.05) is 18.8 Å². The van der Waals surface area contributed by atoms with Gasteiger partial charge < -0.3 is 10.3 Å². The maximum absolute atomic E-state index is 11.5. The monoisotopic (exact) mass is 244 g/mol. The van der Waals surface area contributed by atoms with Crippen LogP contribution < -0.4 is 11.3 Å². The molecule has 0 unspecified atom stereocenters. The molecule has 16 heavy (non-hydrogen) atoms. The fourth-order valence-corrected chi connectivity index (χ4v) is 2.57. The number of sulfone groups is 1. The van der Waals surface area contributed by atoms with Crippen molar-refractivity contribution < 1.29 is 8.42 Å². The van der Waals surface area contributed by atoms with E-state index in [1.807, 2.05) is 0 Å². The van der Waals surface area contributed by atoms with Crippen LogP contribution in [0, 0.1) is 0 Å². The van der Waals surface area contributed by atoms with Crippen molar-refractivity contribution in [2.75, 3.05) is 18.1 Å². The number of rotatable bonds is 6. The zero-order chi connectivity index (χ0) is 12.0. The van der Waals surface area contributed by atoms with Crippen molar-refractivity contribution in [1.82, 2.24) is 4.57 Å². The minimum Gasteiger partial charge on any atom is -0.330 e. The van der Waals surface area contributed by atoms with Crippen LogP contribution in [0.4, 0.5) is 0 Å². The Balaban J connectivity index is 2.58. The van der Waals surface area contributed by atoms with Gasteiger partial charge in [0.05, 0.1) is 11.5 Å². The summed E-state index contributed by atoms with van der Waals surface area (Å²) >= 11 is 0. The maximum atomic E-state index is 11.5. The molecule has 0 saturated heterocycles. The number of hydrogen-bond acceptors (Lipinski definition) is 4. The third-order valence-electron chi connectivity index (χ3n) is 2.20. The van der Waals surface area contributed by atoms with E-state index in [1.54, 1.807) is 18.3 Å². The Morgan fingerprint density at radius 2 is 2.00 bits per heavy atom. The first kappa shape index (κ1) is 12.9. The normalized spacial score (nSPS) is 11.6. The first-order chi connectivity index (χ1) is 7.55. The summed E-state index contributed by atoms with van der Waals surface area (Å²) in [5, 5.41) is 0. The van der Waals surface area contributed by atoms with Gasteiger partial charge in [-0.2, -0.15) is 0 Å². The predicted molar refractivity (Wildman–Crippen MR) is 63.0 cm³/mol. The molecule has 90 valence electrons. The highest BCUT2D eigenvalue weighted by molar-refractivity contribution is 7.91. The van der Waals surface area contributed by atoms with E-state index in [9.17, 15) is 13.2 Å². The molecular weight excluding hydrogens is 228 g/mol. The molecule has 1 aromatic rings. The molecule has 2 N–H and O–H groups in total. The molecule has 0 fully saturated rings. The Morgan fingerprint density at radius 3 is 2.62 bits per heavy atom. The molecule has 0 aliphatic heterocycles. The Labute approximate surface area is 94.8 Å². The number of aromatic nitrogens is 1. The Hall–Kier alpha value is -1.14. The summed E-state index contributed by atoms with van der Waals surface area (Å²) in [6, 6.07) is 4.74. The van der Waals surface area contributed by atoms with Gasteiger partial charge in [-0.1, -0.05) is 6.07 Å². The van der Waals surface area contributed by atoms with Crippen LogP contribution in [0.15, 0.2) is 29.2 Å². The lowest BCUT2D eigenvalue weighted by Crippen LogP contribution is -2.24. The fraction of sp³-hybridized carbons (Fsp3) is 0.500. The number of nitrogens with two attached hydrogens (primary N) is 1. The van der Waals surface area contributed by atoms with Crippen LogP contribution in [-0.2, 0) is 16.4 Å². The molecule has 1 heterocycles. The quantitative estimate of drug-likeness (QED) is 0.739. The minimum absolute atomic E-state index is 0.0169. The molecule has 1 rings (SSSR count). The summed E-state index contributed by atoms with van der Waals surface area (Å²) < 4.78 is 24.4. The van der Waals surface area contributed by atoms with Crippen molar-refractivity contribution in [3.63, 3.8) is 0 Å². The molecule has 0 aliphatic carbocycles. The fourth-order valence-electron chi connectivity index (χ4n) is 1.29. The van der Waals surface area contributed by atoms with E-state index in [1.165, 1.54) is 10.6 Å². The zero-order valence-electron chi connectivity index (χ0n) is 9.00. The maximum Gasteiger partial charge on any atom is 0.250 e. The van der Waals surface area contributed by atoms with Crippen LogP contribution in [0.2, 0.25) is 0 Å². The van der Waals surface area contributed by atoms with Gasteiger partial charge in [0.1, 0.15) is 0 Å². The topological polar surface area (TPSA) is 82.2 Å². The van der Waals surface area contributed by atoms with Crippen LogP contribution in [0.1, 0.15) is 6.42 Å². The van der Waals surface area contributed by atoms with Crippen LogP contribution >= 0.6 is 0 Å². The van der Waals surface area contributed by atoms with Gasteiger partial charge in [0.25, 0.3) is 5.56 Å². The lowest BCUT2D eigenvalue weighted by atomic mass is 10.5. The van der Waals surface area contributed by atoms with E-state index < -0.39 is 9.84 Å². The first-order valence-electron chi connectivity index (χ1n) is 5.11. The predicted octanol–water partition coefficient (Wildman–Crippen LogP) is -0.388. The molecule has 6 heteroatoms. The summed E-state index contributed by atoms with van der Waals surface area (Å²) in [7, 11) is -3.10. The molecule has 0 saturated carbocycles. The van der Waals surface area contributed by atoms with Gasteiger partial charge in [0.2, 0.25) is 0 Å². The summed E-state index contributed by atoms with van der Waals surface area (Å²) in [6.45, 7) is 0.567. The largest absolute Gasteiger partial charge is 0.330 e. The van der Waals surface area contributed by atoms with Gasteiger partial charge in [-0.05, 0) is 19.0 Å². The number of nitrogens with zero attached hydrogens (tertiary/aromatic N) is 1. The molecule has 5 nitrogen and oxygen atoms in total. The minimum atomic E-state index is -3.10. The van der Waals surface area contributed by atoms with Crippen LogP contribution in [0.25, 0.3) is 0 Å². The molecule has 0 spiro atoms. The van der Waals surface area contributed by atoms with E-state index in [4.69, 9.17) is 5.73 Å². The third kappa shape index (κ3) is 4.16. The van der Waals surface area contributed by atoms with Gasteiger partial charge >= 0.3 is 0 Å². The molecule has 0 aliphatic rings. The number of aryl methyl sites for hydroxylation is 1.